The van der Waals surface area contributed by atoms with Crippen LogP contribution >= 0.6 is 0 Å². The van der Waals surface area contributed by atoms with Crippen LogP contribution in [0.15, 0.2) is 36.9 Å². The van der Waals surface area contributed by atoms with Crippen LogP contribution in [0.4, 0.5) is 4.39 Å². The molecule has 0 unspecified atom stereocenters. The second-order valence-corrected chi connectivity index (χ2v) is 4.20. The minimum Gasteiger partial charge on any atom is -0.390 e. The number of benzene rings is 1. The van der Waals surface area contributed by atoms with Crippen LogP contribution in [0.2, 0.25) is 0 Å². The minimum absolute atomic E-state index is 0.0380. The van der Waals surface area contributed by atoms with Crippen molar-refractivity contribution in [2.45, 2.75) is 25.2 Å². The van der Waals surface area contributed by atoms with E-state index in [2.05, 4.69) is 10.1 Å². The number of aromatic nitrogens is 3. The predicted molar refractivity (Wildman–Crippen MR) is 62.0 cm³/mol. The van der Waals surface area contributed by atoms with Gasteiger partial charge in [0, 0.05) is 0 Å². The lowest BCUT2D eigenvalue weighted by molar-refractivity contribution is -0.0852. The van der Waals surface area contributed by atoms with Gasteiger partial charge in [0.2, 0.25) is 0 Å². The minimum atomic E-state index is -1.54. The lowest BCUT2D eigenvalue weighted by Gasteiger charge is -2.31. The molecule has 0 aliphatic rings. The van der Waals surface area contributed by atoms with E-state index in [1.807, 2.05) is 0 Å². The van der Waals surface area contributed by atoms with Gasteiger partial charge in [-0.15, -0.1) is 0 Å². The molecule has 0 aliphatic heterocycles. The molecule has 5 nitrogen and oxygen atoms in total. The van der Waals surface area contributed by atoms with Crippen molar-refractivity contribution in [1.82, 2.24) is 14.8 Å². The van der Waals surface area contributed by atoms with Crippen molar-refractivity contribution in [3.63, 3.8) is 0 Å². The van der Waals surface area contributed by atoms with Crippen molar-refractivity contribution in [2.24, 2.45) is 0 Å². The fraction of sp³-hybridized carbons (Fsp3) is 0.333. The summed E-state index contributed by atoms with van der Waals surface area (Å²) in [5.41, 5.74) is -1.11. The molecule has 0 spiro atoms. The number of aliphatic hydroxyl groups excluding tert-OH is 1. The van der Waals surface area contributed by atoms with Crippen molar-refractivity contribution in [3.8, 4) is 0 Å². The van der Waals surface area contributed by atoms with Crippen LogP contribution < -0.4 is 0 Å². The SMILES string of the molecule is C[C@@H](O)[C@@](O)(Cn1cncn1)c1ccc(F)cc1. The molecule has 0 fully saturated rings. The Kier molecular flexibility index (Phi) is 3.40. The van der Waals surface area contributed by atoms with Crippen LogP contribution in [0, 0.1) is 5.82 Å². The summed E-state index contributed by atoms with van der Waals surface area (Å²) in [6, 6.07) is 5.37. The monoisotopic (exact) mass is 251 g/mol. The summed E-state index contributed by atoms with van der Waals surface area (Å²) >= 11 is 0. The van der Waals surface area contributed by atoms with Gasteiger partial charge >= 0.3 is 0 Å². The summed E-state index contributed by atoms with van der Waals surface area (Å²) in [6.07, 6.45) is 1.75. The summed E-state index contributed by atoms with van der Waals surface area (Å²) in [6.45, 7) is 1.51. The first-order valence-corrected chi connectivity index (χ1v) is 5.51. The van der Waals surface area contributed by atoms with Crippen LogP contribution in [0.25, 0.3) is 0 Å². The average Bonchev–Trinajstić information content (AvgIpc) is 2.82. The van der Waals surface area contributed by atoms with Gasteiger partial charge in [0.15, 0.2) is 0 Å². The van der Waals surface area contributed by atoms with Gasteiger partial charge in [-0.2, -0.15) is 5.10 Å². The van der Waals surface area contributed by atoms with Crippen LogP contribution in [0.1, 0.15) is 12.5 Å². The largest absolute Gasteiger partial charge is 0.390 e. The summed E-state index contributed by atoms with van der Waals surface area (Å²) < 4.78 is 14.3. The number of hydrogen-bond donors (Lipinski definition) is 2. The number of nitrogens with zero attached hydrogens (tertiary/aromatic N) is 3. The van der Waals surface area contributed by atoms with Crippen LogP contribution in [0.5, 0.6) is 0 Å². The summed E-state index contributed by atoms with van der Waals surface area (Å²) in [5, 5.41) is 24.2. The Morgan fingerprint density at radius 3 is 2.56 bits per heavy atom. The highest BCUT2D eigenvalue weighted by atomic mass is 19.1. The molecule has 0 radical (unpaired) electrons. The van der Waals surface area contributed by atoms with Crippen molar-refractivity contribution in [2.75, 3.05) is 0 Å². The van der Waals surface area contributed by atoms with E-state index in [4.69, 9.17) is 0 Å². The highest BCUT2D eigenvalue weighted by Crippen LogP contribution is 2.27. The quantitative estimate of drug-likeness (QED) is 0.838. The normalized spacial score (nSPS) is 16.2. The topological polar surface area (TPSA) is 71.2 Å². The second kappa shape index (κ2) is 4.83. The molecule has 2 rings (SSSR count). The first kappa shape index (κ1) is 12.7. The molecule has 0 amide bonds. The molecule has 0 saturated carbocycles. The Morgan fingerprint density at radius 2 is 2.06 bits per heavy atom. The lowest BCUT2D eigenvalue weighted by Crippen LogP contribution is -2.41. The predicted octanol–water partition coefficient (Wildman–Crippen LogP) is 0.686. The zero-order valence-corrected chi connectivity index (χ0v) is 9.86. The molecule has 96 valence electrons. The number of rotatable bonds is 4. The summed E-state index contributed by atoms with van der Waals surface area (Å²) in [4.78, 5) is 3.77. The number of aliphatic hydroxyl groups is 2. The van der Waals surface area contributed by atoms with E-state index in [0.717, 1.165) is 0 Å². The molecule has 0 bridgehead atoms. The van der Waals surface area contributed by atoms with Gasteiger partial charge in [0.25, 0.3) is 0 Å². The second-order valence-electron chi connectivity index (χ2n) is 4.20. The van der Waals surface area contributed by atoms with Crippen LogP contribution in [0.3, 0.4) is 0 Å². The Hall–Kier alpha value is -1.79. The molecular formula is C12H14FN3O2. The Labute approximate surface area is 104 Å². The third-order valence-corrected chi connectivity index (χ3v) is 2.90. The summed E-state index contributed by atoms with van der Waals surface area (Å²) in [7, 11) is 0. The van der Waals surface area contributed by atoms with Gasteiger partial charge in [-0.3, -0.25) is 0 Å². The molecule has 18 heavy (non-hydrogen) atoms. The Bertz CT molecular complexity index is 499. The zero-order chi connectivity index (χ0) is 13.2. The molecule has 1 aromatic heterocycles. The van der Waals surface area contributed by atoms with Crippen LogP contribution in [-0.4, -0.2) is 31.1 Å². The average molecular weight is 251 g/mol. The Morgan fingerprint density at radius 1 is 1.39 bits per heavy atom. The smallest absolute Gasteiger partial charge is 0.137 e. The third kappa shape index (κ3) is 2.39. The molecule has 0 saturated heterocycles. The van der Waals surface area contributed by atoms with Gasteiger partial charge < -0.3 is 10.2 Å². The molecule has 1 heterocycles. The van der Waals surface area contributed by atoms with E-state index in [9.17, 15) is 14.6 Å². The fourth-order valence-electron chi connectivity index (χ4n) is 1.76. The lowest BCUT2D eigenvalue weighted by atomic mass is 9.89. The standard InChI is InChI=1S/C12H14FN3O2/c1-9(17)12(18,6-16-8-14-7-15-16)10-2-4-11(13)5-3-10/h2-5,7-9,17-18H,6H2,1H3/t9-,12+/m1/s1. The van der Waals surface area contributed by atoms with Gasteiger partial charge in [0.05, 0.1) is 12.6 Å². The molecular weight excluding hydrogens is 237 g/mol. The third-order valence-electron chi connectivity index (χ3n) is 2.90. The van der Waals surface area contributed by atoms with Crippen molar-refractivity contribution in [1.29, 1.82) is 0 Å². The molecule has 6 heteroatoms. The van der Waals surface area contributed by atoms with Crippen molar-refractivity contribution >= 4 is 0 Å². The highest BCUT2D eigenvalue weighted by molar-refractivity contribution is 5.24. The number of halogens is 1. The van der Waals surface area contributed by atoms with Gasteiger partial charge in [-0.25, -0.2) is 14.1 Å². The molecule has 2 atom stereocenters. The maximum absolute atomic E-state index is 12.9. The first-order valence-electron chi connectivity index (χ1n) is 5.51. The van der Waals surface area contributed by atoms with Crippen LogP contribution in [-0.2, 0) is 12.1 Å². The van der Waals surface area contributed by atoms with E-state index in [1.54, 1.807) is 0 Å². The maximum Gasteiger partial charge on any atom is 0.137 e. The molecule has 2 N–H and O–H groups in total. The van der Waals surface area contributed by atoms with E-state index in [1.165, 1.54) is 48.5 Å². The number of hydrogen-bond acceptors (Lipinski definition) is 4. The van der Waals surface area contributed by atoms with E-state index in [0.29, 0.717) is 5.56 Å². The van der Waals surface area contributed by atoms with Crippen molar-refractivity contribution < 1.29 is 14.6 Å². The summed E-state index contributed by atoms with van der Waals surface area (Å²) in [5.74, 6) is -0.396. The first-order chi connectivity index (χ1) is 8.52. The molecule has 1 aromatic carbocycles. The van der Waals surface area contributed by atoms with E-state index in [-0.39, 0.29) is 6.54 Å². The van der Waals surface area contributed by atoms with Gasteiger partial charge in [0.1, 0.15) is 24.1 Å². The van der Waals surface area contributed by atoms with Gasteiger partial charge in [-0.1, -0.05) is 12.1 Å². The fourth-order valence-corrected chi connectivity index (χ4v) is 1.76. The molecule has 2 aromatic rings. The Balaban J connectivity index is 2.34. The van der Waals surface area contributed by atoms with E-state index >= 15 is 0 Å². The van der Waals surface area contributed by atoms with E-state index < -0.39 is 17.5 Å². The highest BCUT2D eigenvalue weighted by Gasteiger charge is 2.35. The molecule has 0 aliphatic carbocycles. The van der Waals surface area contributed by atoms with Crippen molar-refractivity contribution in [3.05, 3.63) is 48.3 Å². The van der Waals surface area contributed by atoms with Gasteiger partial charge in [-0.05, 0) is 24.6 Å². The zero-order valence-electron chi connectivity index (χ0n) is 9.86. The maximum atomic E-state index is 12.9.